The maximum Gasteiger partial charge on any atom is 0.139 e. The largest absolute Gasteiger partial charge is 0.383 e. The van der Waals surface area contributed by atoms with Gasteiger partial charge in [-0.25, -0.2) is 4.98 Å². The Morgan fingerprint density at radius 3 is 2.89 bits per heavy atom. The zero-order valence-corrected chi connectivity index (χ0v) is 12.6. The second kappa shape index (κ2) is 4.26. The van der Waals surface area contributed by atoms with Crippen LogP contribution >= 0.6 is 38.9 Å². The number of aryl methyl sites for hydroxylation is 1. The molecule has 3 nitrogen and oxygen atoms in total. The standard InChI is InChI=1S/C12H9BrClN3S/c1-6-2-3-9-16-10(12(15)17(9)5-6)8-4-7(13)11(14)18-8/h2-5H,15H2,1H3. The highest BCUT2D eigenvalue weighted by molar-refractivity contribution is 9.10. The summed E-state index contributed by atoms with van der Waals surface area (Å²) in [5.74, 6) is 0.638. The third kappa shape index (κ3) is 1.83. The fraction of sp³-hybridized carbons (Fsp3) is 0.0833. The SMILES string of the molecule is Cc1ccc2nc(-c3cc(Br)c(Cl)s3)c(N)n2c1. The van der Waals surface area contributed by atoms with Gasteiger partial charge in [0.25, 0.3) is 0 Å². The van der Waals surface area contributed by atoms with Gasteiger partial charge >= 0.3 is 0 Å². The van der Waals surface area contributed by atoms with Gasteiger partial charge in [0.2, 0.25) is 0 Å². The molecule has 0 saturated carbocycles. The lowest BCUT2D eigenvalue weighted by molar-refractivity contribution is 1.16. The van der Waals surface area contributed by atoms with Gasteiger partial charge in [0.05, 0.1) is 4.88 Å². The van der Waals surface area contributed by atoms with Crippen LogP contribution < -0.4 is 5.73 Å². The van der Waals surface area contributed by atoms with Crippen molar-refractivity contribution in [1.29, 1.82) is 0 Å². The summed E-state index contributed by atoms with van der Waals surface area (Å²) in [7, 11) is 0. The van der Waals surface area contributed by atoms with E-state index in [-0.39, 0.29) is 0 Å². The Hall–Kier alpha value is -1.04. The first-order valence-corrected chi connectivity index (χ1v) is 7.24. The molecule has 2 N–H and O–H groups in total. The molecule has 0 aliphatic rings. The molecule has 3 heterocycles. The smallest absolute Gasteiger partial charge is 0.139 e. The van der Waals surface area contributed by atoms with Crippen LogP contribution in [0.2, 0.25) is 4.34 Å². The Labute approximate surface area is 121 Å². The molecule has 3 rings (SSSR count). The van der Waals surface area contributed by atoms with Crippen molar-refractivity contribution in [2.45, 2.75) is 6.92 Å². The summed E-state index contributed by atoms with van der Waals surface area (Å²) in [5.41, 5.74) is 8.91. The summed E-state index contributed by atoms with van der Waals surface area (Å²) in [4.78, 5) is 5.51. The second-order valence-electron chi connectivity index (χ2n) is 4.01. The van der Waals surface area contributed by atoms with Crippen LogP contribution in [0.4, 0.5) is 5.82 Å². The number of nitrogen functional groups attached to an aromatic ring is 1. The summed E-state index contributed by atoms with van der Waals surface area (Å²) < 4.78 is 3.47. The molecule has 0 fully saturated rings. The van der Waals surface area contributed by atoms with E-state index >= 15 is 0 Å². The van der Waals surface area contributed by atoms with E-state index < -0.39 is 0 Å². The minimum atomic E-state index is 0.638. The number of thiophene rings is 1. The van der Waals surface area contributed by atoms with E-state index in [4.69, 9.17) is 17.3 Å². The molecule has 0 bridgehead atoms. The molecule has 18 heavy (non-hydrogen) atoms. The summed E-state index contributed by atoms with van der Waals surface area (Å²) in [6.07, 6.45) is 1.98. The van der Waals surface area contributed by atoms with E-state index in [0.29, 0.717) is 10.2 Å². The van der Waals surface area contributed by atoms with Crippen LogP contribution in [-0.4, -0.2) is 9.38 Å². The van der Waals surface area contributed by atoms with Crippen LogP contribution in [-0.2, 0) is 0 Å². The van der Waals surface area contributed by atoms with Gasteiger partial charge in [0.1, 0.15) is 21.5 Å². The predicted octanol–water partition coefficient (Wildman–Crippen LogP) is 4.37. The summed E-state index contributed by atoms with van der Waals surface area (Å²) >= 11 is 10.9. The van der Waals surface area contributed by atoms with E-state index in [2.05, 4.69) is 20.9 Å². The zero-order chi connectivity index (χ0) is 12.9. The number of anilines is 1. The van der Waals surface area contributed by atoms with Crippen LogP contribution in [0.15, 0.2) is 28.9 Å². The van der Waals surface area contributed by atoms with Crippen LogP contribution in [0.25, 0.3) is 16.2 Å². The maximum absolute atomic E-state index is 6.15. The zero-order valence-electron chi connectivity index (χ0n) is 9.45. The van der Waals surface area contributed by atoms with Crippen molar-refractivity contribution in [3.05, 3.63) is 38.8 Å². The highest BCUT2D eigenvalue weighted by Crippen LogP contribution is 2.39. The molecular formula is C12H9BrClN3S. The van der Waals surface area contributed by atoms with E-state index in [0.717, 1.165) is 26.3 Å². The number of pyridine rings is 1. The third-order valence-corrected chi connectivity index (χ3v) is 5.16. The first-order chi connectivity index (χ1) is 8.56. The minimum absolute atomic E-state index is 0.638. The van der Waals surface area contributed by atoms with E-state index in [1.807, 2.05) is 35.7 Å². The third-order valence-electron chi connectivity index (χ3n) is 2.68. The Bertz CT molecular complexity index is 728. The average molecular weight is 343 g/mol. The monoisotopic (exact) mass is 341 g/mol. The normalized spacial score (nSPS) is 11.3. The van der Waals surface area contributed by atoms with Crippen LogP contribution in [0.3, 0.4) is 0 Å². The van der Waals surface area contributed by atoms with Crippen molar-refractivity contribution in [2.24, 2.45) is 0 Å². The Morgan fingerprint density at radius 1 is 1.44 bits per heavy atom. The Kier molecular flexibility index (Phi) is 2.84. The first-order valence-electron chi connectivity index (χ1n) is 5.25. The van der Waals surface area contributed by atoms with Crippen LogP contribution in [0, 0.1) is 6.92 Å². The molecule has 0 saturated heterocycles. The summed E-state index contributed by atoms with van der Waals surface area (Å²) in [5, 5.41) is 0. The van der Waals surface area contributed by atoms with Gasteiger partial charge in [-0.2, -0.15) is 0 Å². The molecule has 0 amide bonds. The predicted molar refractivity (Wildman–Crippen MR) is 80.4 cm³/mol. The number of rotatable bonds is 1. The van der Waals surface area contributed by atoms with Crippen LogP contribution in [0.1, 0.15) is 5.56 Å². The molecule has 0 atom stereocenters. The molecule has 0 aliphatic carbocycles. The van der Waals surface area contributed by atoms with Gasteiger partial charge in [-0.3, -0.25) is 4.40 Å². The van der Waals surface area contributed by atoms with Crippen molar-refractivity contribution in [2.75, 3.05) is 5.73 Å². The Morgan fingerprint density at radius 2 is 2.22 bits per heavy atom. The number of aromatic nitrogens is 2. The lowest BCUT2D eigenvalue weighted by Gasteiger charge is -1.97. The van der Waals surface area contributed by atoms with Gasteiger partial charge in [-0.05, 0) is 40.5 Å². The van der Waals surface area contributed by atoms with E-state index in [1.165, 1.54) is 11.3 Å². The van der Waals surface area contributed by atoms with Gasteiger partial charge in [0, 0.05) is 10.7 Å². The molecule has 6 heteroatoms. The number of nitrogens with two attached hydrogens (primary N) is 1. The molecule has 0 unspecified atom stereocenters. The molecule has 0 aliphatic heterocycles. The van der Waals surface area contributed by atoms with Gasteiger partial charge in [-0.1, -0.05) is 17.7 Å². The molecule has 0 radical (unpaired) electrons. The summed E-state index contributed by atoms with van der Waals surface area (Å²) in [6.45, 7) is 2.02. The number of imidazole rings is 1. The molecule has 3 aromatic heterocycles. The fourth-order valence-electron chi connectivity index (χ4n) is 1.81. The molecule has 0 aromatic carbocycles. The van der Waals surface area contributed by atoms with Crippen molar-refractivity contribution in [3.63, 3.8) is 0 Å². The van der Waals surface area contributed by atoms with Crippen molar-refractivity contribution < 1.29 is 0 Å². The molecule has 0 spiro atoms. The van der Waals surface area contributed by atoms with Gasteiger partial charge in [0.15, 0.2) is 0 Å². The average Bonchev–Trinajstić information content (AvgIpc) is 2.82. The first kappa shape index (κ1) is 12.0. The number of hydrogen-bond acceptors (Lipinski definition) is 3. The van der Waals surface area contributed by atoms with Crippen molar-refractivity contribution in [3.8, 4) is 10.6 Å². The highest BCUT2D eigenvalue weighted by atomic mass is 79.9. The summed E-state index contributed by atoms with van der Waals surface area (Å²) in [6, 6.07) is 5.92. The quantitative estimate of drug-likeness (QED) is 0.713. The lowest BCUT2D eigenvalue weighted by atomic mass is 10.3. The van der Waals surface area contributed by atoms with Gasteiger partial charge in [-0.15, -0.1) is 11.3 Å². The number of nitrogens with zero attached hydrogens (tertiary/aromatic N) is 2. The number of hydrogen-bond donors (Lipinski definition) is 1. The number of fused-ring (bicyclic) bond motifs is 1. The molecular weight excluding hydrogens is 334 g/mol. The fourth-order valence-corrected chi connectivity index (χ4v) is 3.51. The molecule has 92 valence electrons. The van der Waals surface area contributed by atoms with E-state index in [9.17, 15) is 0 Å². The lowest BCUT2D eigenvalue weighted by Crippen LogP contribution is -1.93. The maximum atomic E-state index is 6.15. The topological polar surface area (TPSA) is 43.3 Å². The van der Waals surface area contributed by atoms with Crippen LogP contribution in [0.5, 0.6) is 0 Å². The highest BCUT2D eigenvalue weighted by Gasteiger charge is 2.15. The van der Waals surface area contributed by atoms with Crippen molar-refractivity contribution >= 4 is 50.3 Å². The van der Waals surface area contributed by atoms with Crippen molar-refractivity contribution in [1.82, 2.24) is 9.38 Å². The molecule has 3 aromatic rings. The van der Waals surface area contributed by atoms with E-state index in [1.54, 1.807) is 0 Å². The second-order valence-corrected chi connectivity index (χ2v) is 6.52. The van der Waals surface area contributed by atoms with Gasteiger partial charge < -0.3 is 5.73 Å². The number of halogens is 2. The Balaban J connectivity index is 2.26. The minimum Gasteiger partial charge on any atom is -0.383 e.